The highest BCUT2D eigenvalue weighted by molar-refractivity contribution is 5.83. The predicted molar refractivity (Wildman–Crippen MR) is 118 cm³/mol. The van der Waals surface area contributed by atoms with Crippen LogP contribution in [0.2, 0.25) is 0 Å². The fraction of sp³-hybridized carbons (Fsp3) is 0.600. The lowest BCUT2D eigenvalue weighted by atomic mass is 9.66. The van der Waals surface area contributed by atoms with Crippen molar-refractivity contribution in [1.29, 1.82) is 5.26 Å². The van der Waals surface area contributed by atoms with Gasteiger partial charge in [0.1, 0.15) is 5.75 Å². The smallest absolute Gasteiger partial charge is 0.119 e. The lowest BCUT2D eigenvalue weighted by Crippen LogP contribution is -2.56. The van der Waals surface area contributed by atoms with Gasteiger partial charge in [0, 0.05) is 30.1 Å². The summed E-state index contributed by atoms with van der Waals surface area (Å²) >= 11 is 0. The summed E-state index contributed by atoms with van der Waals surface area (Å²) in [4.78, 5) is 6.97. The first-order valence-electron chi connectivity index (χ1n) is 11.3. The number of benzene rings is 1. The molecule has 5 rings (SSSR count). The molecule has 1 N–H and O–H groups in total. The summed E-state index contributed by atoms with van der Waals surface area (Å²) in [6.45, 7) is 6.39. The number of hydrogen-bond acceptors (Lipinski definition) is 5. The molecule has 3 aliphatic rings. The van der Waals surface area contributed by atoms with Gasteiger partial charge in [-0.05, 0) is 80.3 Å². The van der Waals surface area contributed by atoms with Crippen molar-refractivity contribution in [2.75, 3.05) is 20.2 Å². The van der Waals surface area contributed by atoms with Crippen LogP contribution in [0.5, 0.6) is 5.75 Å². The number of aliphatic hydroxyl groups is 1. The zero-order valence-electron chi connectivity index (χ0n) is 18.3. The minimum atomic E-state index is -0.538. The van der Waals surface area contributed by atoms with Gasteiger partial charge < -0.3 is 9.84 Å². The molecule has 0 saturated carbocycles. The third-order valence-electron chi connectivity index (χ3n) is 7.52. The van der Waals surface area contributed by atoms with Gasteiger partial charge in [0.2, 0.25) is 0 Å². The molecule has 3 fully saturated rings. The van der Waals surface area contributed by atoms with E-state index in [1.807, 2.05) is 31.2 Å². The summed E-state index contributed by atoms with van der Waals surface area (Å²) in [5.41, 5.74) is 1.83. The molecular formula is C25H33N3O2. The van der Waals surface area contributed by atoms with Crippen LogP contribution >= 0.6 is 0 Å². The molecule has 2 bridgehead atoms. The number of aliphatic hydroxyl groups excluding tert-OH is 1. The monoisotopic (exact) mass is 407 g/mol. The molecule has 4 unspecified atom stereocenters. The van der Waals surface area contributed by atoms with E-state index in [1.54, 1.807) is 13.3 Å². The van der Waals surface area contributed by atoms with E-state index >= 15 is 0 Å². The minimum absolute atomic E-state index is 0.116. The van der Waals surface area contributed by atoms with E-state index in [0.29, 0.717) is 17.8 Å². The van der Waals surface area contributed by atoms with Crippen LogP contribution in [-0.4, -0.2) is 41.2 Å². The van der Waals surface area contributed by atoms with Gasteiger partial charge in [-0.2, -0.15) is 5.26 Å². The molecule has 4 heterocycles. The lowest BCUT2D eigenvalue weighted by Gasteiger charge is -2.53. The Kier molecular flexibility index (Phi) is 6.26. The van der Waals surface area contributed by atoms with E-state index in [-0.39, 0.29) is 12.0 Å². The number of nitriles is 1. The van der Waals surface area contributed by atoms with Crippen molar-refractivity contribution in [3.8, 4) is 11.8 Å². The number of rotatable bonds is 7. The summed E-state index contributed by atoms with van der Waals surface area (Å²) in [5, 5.41) is 21.7. The molecule has 1 aromatic carbocycles. The molecule has 3 aliphatic heterocycles. The lowest BCUT2D eigenvalue weighted by molar-refractivity contribution is -0.0723. The number of fused-ring (bicyclic) bond motifs is 4. The first-order chi connectivity index (χ1) is 14.5. The van der Waals surface area contributed by atoms with E-state index in [0.717, 1.165) is 54.6 Å². The summed E-state index contributed by atoms with van der Waals surface area (Å²) in [6.07, 6.45) is 5.60. The molecule has 0 amide bonds. The van der Waals surface area contributed by atoms with Gasteiger partial charge in [0.15, 0.2) is 0 Å². The zero-order chi connectivity index (χ0) is 21.3. The van der Waals surface area contributed by atoms with E-state index in [9.17, 15) is 10.4 Å². The average Bonchev–Trinajstić information content (AvgIpc) is 2.81. The van der Waals surface area contributed by atoms with Gasteiger partial charge in [0.25, 0.3) is 0 Å². The molecule has 7 atom stereocenters. The highest BCUT2D eigenvalue weighted by Crippen LogP contribution is 2.46. The molecule has 5 heteroatoms. The van der Waals surface area contributed by atoms with E-state index in [4.69, 9.17) is 4.74 Å². The number of aromatic nitrogens is 1. The van der Waals surface area contributed by atoms with Crippen molar-refractivity contribution in [1.82, 2.24) is 9.88 Å². The second-order valence-electron chi connectivity index (χ2n) is 9.17. The Bertz CT molecular complexity index is 924. The third kappa shape index (κ3) is 3.91. The van der Waals surface area contributed by atoms with E-state index in [2.05, 4.69) is 22.9 Å². The van der Waals surface area contributed by atoms with Crippen LogP contribution in [0.1, 0.15) is 51.2 Å². The summed E-state index contributed by atoms with van der Waals surface area (Å²) < 4.78 is 5.40. The first kappa shape index (κ1) is 21.1. The second-order valence-corrected chi connectivity index (χ2v) is 9.17. The van der Waals surface area contributed by atoms with Crippen molar-refractivity contribution in [2.45, 2.75) is 51.7 Å². The van der Waals surface area contributed by atoms with Crippen LogP contribution in [0, 0.1) is 35.0 Å². The van der Waals surface area contributed by atoms with Gasteiger partial charge in [-0.25, -0.2) is 0 Å². The summed E-state index contributed by atoms with van der Waals surface area (Å²) in [6, 6.07) is 10.4. The summed E-state index contributed by atoms with van der Waals surface area (Å²) in [7, 11) is 1.66. The molecular weight excluding hydrogens is 374 g/mol. The Balaban J connectivity index is 1.56. The highest BCUT2D eigenvalue weighted by atomic mass is 16.5. The minimum Gasteiger partial charge on any atom is -0.497 e. The number of methoxy groups -OCH3 is 1. The predicted octanol–water partition coefficient (Wildman–Crippen LogP) is 4.56. The van der Waals surface area contributed by atoms with Crippen LogP contribution in [0.25, 0.3) is 10.9 Å². The molecule has 1 aromatic heterocycles. The number of ether oxygens (including phenoxy) is 1. The van der Waals surface area contributed by atoms with Gasteiger partial charge >= 0.3 is 0 Å². The van der Waals surface area contributed by atoms with Crippen LogP contribution in [0.4, 0.5) is 0 Å². The quantitative estimate of drug-likeness (QED) is 0.728. The number of hydrogen-bond donors (Lipinski definition) is 1. The fourth-order valence-corrected chi connectivity index (χ4v) is 5.86. The van der Waals surface area contributed by atoms with Gasteiger partial charge in [-0.1, -0.05) is 13.3 Å². The summed E-state index contributed by atoms with van der Waals surface area (Å²) in [5.74, 6) is 2.76. The Hall–Kier alpha value is -2.16. The maximum atomic E-state index is 11.4. The fourth-order valence-electron chi connectivity index (χ4n) is 5.86. The van der Waals surface area contributed by atoms with Gasteiger partial charge in [0.05, 0.1) is 24.8 Å². The third-order valence-corrected chi connectivity index (χ3v) is 7.52. The standard InChI is InChI=1S/C25H33N3O2/c1-4-17(11-16(2)14-26)22-15-28-10-8-18(22)12-24(28)25(29)20-7-9-27-23-6-5-19(30-3)13-21(20)23/h5-7,9,13,16-18,22,24-25,29H,4,8,10-12,15H2,1-3H3/t16?,17?,18-,22?,24+,25+/m0/s1. The van der Waals surface area contributed by atoms with Crippen molar-refractivity contribution in [3.63, 3.8) is 0 Å². The largest absolute Gasteiger partial charge is 0.497 e. The van der Waals surface area contributed by atoms with Crippen LogP contribution in [0.3, 0.4) is 0 Å². The molecule has 3 saturated heterocycles. The van der Waals surface area contributed by atoms with Crippen LogP contribution in [-0.2, 0) is 0 Å². The van der Waals surface area contributed by atoms with Crippen molar-refractivity contribution < 1.29 is 9.84 Å². The van der Waals surface area contributed by atoms with E-state index in [1.165, 1.54) is 6.42 Å². The molecule has 30 heavy (non-hydrogen) atoms. The normalized spacial score (nSPS) is 28.6. The van der Waals surface area contributed by atoms with Crippen LogP contribution in [0.15, 0.2) is 30.5 Å². The van der Waals surface area contributed by atoms with Gasteiger partial charge in [-0.15, -0.1) is 0 Å². The molecule has 0 aliphatic carbocycles. The number of pyridine rings is 1. The maximum absolute atomic E-state index is 11.4. The maximum Gasteiger partial charge on any atom is 0.119 e. The molecule has 0 radical (unpaired) electrons. The van der Waals surface area contributed by atoms with E-state index < -0.39 is 6.10 Å². The molecule has 2 aromatic rings. The van der Waals surface area contributed by atoms with Crippen molar-refractivity contribution in [3.05, 3.63) is 36.0 Å². The van der Waals surface area contributed by atoms with Crippen molar-refractivity contribution >= 4 is 10.9 Å². The average molecular weight is 408 g/mol. The highest BCUT2D eigenvalue weighted by Gasteiger charge is 2.45. The van der Waals surface area contributed by atoms with Crippen molar-refractivity contribution in [2.24, 2.45) is 23.7 Å². The van der Waals surface area contributed by atoms with Crippen LogP contribution < -0.4 is 4.74 Å². The molecule has 0 spiro atoms. The Morgan fingerprint density at radius 3 is 2.87 bits per heavy atom. The van der Waals surface area contributed by atoms with Gasteiger partial charge in [-0.3, -0.25) is 9.88 Å². The molecule has 5 nitrogen and oxygen atoms in total. The number of nitrogens with zero attached hydrogens (tertiary/aromatic N) is 3. The number of piperidine rings is 3. The first-order valence-corrected chi connectivity index (χ1v) is 11.3. The SMILES string of the molecule is CCC(CC(C)C#N)C1CN2CC[C@H]1C[C@@H]2[C@H](O)c1ccnc2ccc(OC)cc12. The Labute approximate surface area is 179 Å². The Morgan fingerprint density at radius 1 is 1.37 bits per heavy atom. The second kappa shape index (κ2) is 8.91. The Morgan fingerprint density at radius 2 is 2.20 bits per heavy atom. The topological polar surface area (TPSA) is 69.4 Å². The zero-order valence-corrected chi connectivity index (χ0v) is 18.3. The molecule has 160 valence electrons.